The van der Waals surface area contributed by atoms with Crippen molar-refractivity contribution < 1.29 is 4.58 Å². The Kier molecular flexibility index (Phi) is 7.72. The second-order valence-electron chi connectivity index (χ2n) is 4.82. The summed E-state index contributed by atoms with van der Waals surface area (Å²) in [5.41, 5.74) is 0. The zero-order valence-electron chi connectivity index (χ0n) is 12.9. The van der Waals surface area contributed by atoms with Gasteiger partial charge in [-0.3, -0.25) is 0 Å². The summed E-state index contributed by atoms with van der Waals surface area (Å²) in [5, 5.41) is 1.21. The first-order valence-electron chi connectivity index (χ1n) is 7.11. The van der Waals surface area contributed by atoms with Crippen LogP contribution in [0.4, 0.5) is 0 Å². The van der Waals surface area contributed by atoms with Gasteiger partial charge in [0.2, 0.25) is 12.6 Å². The van der Waals surface area contributed by atoms with Gasteiger partial charge in [0.05, 0.1) is 5.75 Å². The Labute approximate surface area is 180 Å². The number of hydrogen-bond acceptors (Lipinski definition) is 4. The minimum Gasteiger partial charge on any atom is -0.224 e. The van der Waals surface area contributed by atoms with Crippen LogP contribution in [0.1, 0.15) is 24.4 Å². The lowest BCUT2D eigenvalue weighted by molar-refractivity contribution is -0.513. The van der Waals surface area contributed by atoms with Gasteiger partial charge in [0, 0.05) is 6.08 Å². The van der Waals surface area contributed by atoms with E-state index < -0.39 is 7.59 Å². The van der Waals surface area contributed by atoms with E-state index >= 15 is 0 Å². The summed E-state index contributed by atoms with van der Waals surface area (Å²) in [7, 11) is 0. The van der Waals surface area contributed by atoms with Gasteiger partial charge in [-0.2, -0.15) is 0 Å². The largest absolute Gasteiger partial charge is 0.250 e. The lowest BCUT2D eigenvalue weighted by Crippen LogP contribution is -2.16. The summed E-state index contributed by atoms with van der Waals surface area (Å²) in [6.07, 6.45) is 7.28. The molecule has 25 heavy (non-hydrogen) atoms. The van der Waals surface area contributed by atoms with Crippen LogP contribution in [0.5, 0.6) is 0 Å². The van der Waals surface area contributed by atoms with Crippen molar-refractivity contribution in [3.63, 3.8) is 0 Å². The second kappa shape index (κ2) is 8.96. The Morgan fingerprint density at radius 3 is 2.04 bits per heavy atom. The van der Waals surface area contributed by atoms with Crippen molar-refractivity contribution in [3.8, 4) is 0 Å². The van der Waals surface area contributed by atoms with Gasteiger partial charge in [0.1, 0.15) is 6.54 Å². The highest BCUT2D eigenvalue weighted by Crippen LogP contribution is 2.39. The fourth-order valence-corrected chi connectivity index (χ4v) is 3.53. The van der Waals surface area contributed by atoms with E-state index in [9.17, 15) is 0 Å². The van der Waals surface area contributed by atoms with Gasteiger partial charge in [-0.25, -0.2) is 19.5 Å². The average molecular weight is 482 g/mol. The maximum Gasteiger partial charge on any atom is 0.250 e. The highest BCUT2D eigenvalue weighted by atomic mass is 35.6. The molecule has 1 aromatic rings. The zero-order chi connectivity index (χ0) is 18.7. The van der Waals surface area contributed by atoms with Gasteiger partial charge >= 0.3 is 0 Å². The fraction of sp³-hybridized carbons (Fsp3) is 0.429. The first-order valence-corrected chi connectivity index (χ1v) is 10.4. The van der Waals surface area contributed by atoms with Crippen LogP contribution >= 0.6 is 81.4 Å². The molecule has 4 nitrogen and oxygen atoms in total. The quantitative estimate of drug-likeness (QED) is 0.333. The smallest absolute Gasteiger partial charge is 0.224 e. The minimum atomic E-state index is -1.86. The molecule has 1 aliphatic rings. The van der Waals surface area contributed by atoms with Crippen molar-refractivity contribution in [2.75, 3.05) is 18.8 Å². The SMILES string of the molecule is CC[N+]1=C(C=CC=Cc2nc(C(Cl)(Cl)Cl)nc(C(Cl)(Cl)Cl)n2)SCC1. The lowest BCUT2D eigenvalue weighted by atomic mass is 10.4. The number of rotatable bonds is 4. The molecule has 0 aliphatic carbocycles. The van der Waals surface area contributed by atoms with Crippen LogP contribution in [0.2, 0.25) is 0 Å². The van der Waals surface area contributed by atoms with E-state index in [1.165, 1.54) is 5.04 Å². The molecule has 136 valence electrons. The van der Waals surface area contributed by atoms with Crippen LogP contribution in [-0.2, 0) is 7.59 Å². The van der Waals surface area contributed by atoms with Crippen molar-refractivity contribution in [3.05, 3.63) is 35.7 Å². The number of thioether (sulfide) groups is 1. The average Bonchev–Trinajstić information content (AvgIpc) is 2.97. The molecule has 0 N–H and O–H groups in total. The number of nitrogens with zero attached hydrogens (tertiary/aromatic N) is 4. The summed E-state index contributed by atoms with van der Waals surface area (Å²) in [4.78, 5) is 12.1. The van der Waals surface area contributed by atoms with E-state index in [1.807, 2.05) is 23.9 Å². The summed E-state index contributed by atoms with van der Waals surface area (Å²) in [5.74, 6) is 1.08. The first-order chi connectivity index (χ1) is 11.6. The topological polar surface area (TPSA) is 41.7 Å². The third-order valence-electron chi connectivity index (χ3n) is 3.06. The first kappa shape index (κ1) is 21.5. The molecule has 0 atom stereocenters. The molecule has 11 heteroatoms. The summed E-state index contributed by atoms with van der Waals surface area (Å²) in [6.45, 7) is 4.15. The molecule has 0 bridgehead atoms. The Bertz CT molecular complexity index is 689. The Morgan fingerprint density at radius 1 is 0.960 bits per heavy atom. The van der Waals surface area contributed by atoms with Gasteiger partial charge in [0.25, 0.3) is 0 Å². The normalized spacial score (nSPS) is 16.6. The minimum absolute atomic E-state index is 0.115. The maximum absolute atomic E-state index is 5.83. The Balaban J connectivity index is 2.26. The molecule has 0 aromatic carbocycles. The van der Waals surface area contributed by atoms with E-state index in [-0.39, 0.29) is 17.5 Å². The van der Waals surface area contributed by atoms with Crippen LogP contribution in [0.3, 0.4) is 0 Å². The van der Waals surface area contributed by atoms with E-state index in [0.717, 1.165) is 18.8 Å². The van der Waals surface area contributed by atoms with E-state index in [0.29, 0.717) is 0 Å². The molecule has 0 fully saturated rings. The lowest BCUT2D eigenvalue weighted by Gasteiger charge is -2.14. The zero-order valence-corrected chi connectivity index (χ0v) is 18.2. The highest BCUT2D eigenvalue weighted by molar-refractivity contribution is 8.14. The molecule has 1 aromatic heterocycles. The Hall–Kier alpha value is 0.250. The Morgan fingerprint density at radius 2 is 1.52 bits per heavy atom. The van der Waals surface area contributed by atoms with Crippen LogP contribution in [0, 0.1) is 0 Å². The van der Waals surface area contributed by atoms with Crippen LogP contribution in [-0.4, -0.2) is 43.4 Å². The number of alkyl halides is 6. The van der Waals surface area contributed by atoms with Crippen molar-refractivity contribution >= 4 is 92.5 Å². The van der Waals surface area contributed by atoms with Gasteiger partial charge in [0.15, 0.2) is 24.0 Å². The van der Waals surface area contributed by atoms with Crippen molar-refractivity contribution in [2.45, 2.75) is 14.5 Å². The van der Waals surface area contributed by atoms with Crippen molar-refractivity contribution in [1.82, 2.24) is 15.0 Å². The van der Waals surface area contributed by atoms with Gasteiger partial charge in [-0.05, 0) is 13.0 Å². The number of halogens is 6. The predicted octanol–water partition coefficient (Wildman–Crippen LogP) is 5.27. The van der Waals surface area contributed by atoms with Gasteiger partial charge in [-0.15, -0.1) is 0 Å². The highest BCUT2D eigenvalue weighted by Gasteiger charge is 2.33. The predicted molar refractivity (Wildman–Crippen MR) is 110 cm³/mol. The molecule has 1 aliphatic heterocycles. The van der Waals surface area contributed by atoms with Crippen molar-refractivity contribution in [2.24, 2.45) is 0 Å². The third-order valence-corrected chi connectivity index (χ3v) is 5.15. The summed E-state index contributed by atoms with van der Waals surface area (Å²) < 4.78 is -1.42. The number of aromatic nitrogens is 3. The molecule has 0 unspecified atom stereocenters. The molecule has 0 radical (unpaired) electrons. The van der Waals surface area contributed by atoms with Gasteiger partial charge < -0.3 is 0 Å². The molecule has 0 saturated carbocycles. The van der Waals surface area contributed by atoms with Crippen LogP contribution in [0.15, 0.2) is 18.2 Å². The monoisotopic (exact) mass is 479 g/mol. The summed E-state index contributed by atoms with van der Waals surface area (Å²) in [6, 6.07) is 0. The standard InChI is InChI=1S/C14H13Cl6N4S/c1-2-24-7-8-25-10(24)6-4-3-5-9-21-11(13(15,16)17)23-12(22-9)14(18,19)20/h3-6H,2,7-8H2,1H3/q+1. The number of hydrogen-bond donors (Lipinski definition) is 0. The molecular weight excluding hydrogens is 469 g/mol. The van der Waals surface area contributed by atoms with E-state index in [4.69, 9.17) is 69.6 Å². The second-order valence-corrected chi connectivity index (χ2v) is 10.5. The molecule has 2 heterocycles. The van der Waals surface area contributed by atoms with E-state index in [1.54, 1.807) is 12.2 Å². The molecule has 0 amide bonds. The third kappa shape index (κ3) is 6.42. The van der Waals surface area contributed by atoms with E-state index in [2.05, 4.69) is 26.5 Å². The van der Waals surface area contributed by atoms with Crippen molar-refractivity contribution in [1.29, 1.82) is 0 Å². The van der Waals surface area contributed by atoms with Crippen LogP contribution < -0.4 is 0 Å². The molecule has 0 spiro atoms. The van der Waals surface area contributed by atoms with Crippen LogP contribution in [0.25, 0.3) is 6.08 Å². The molecular formula is C14H13Cl6N4S+. The fourth-order valence-electron chi connectivity index (χ4n) is 1.93. The molecule has 0 saturated heterocycles. The van der Waals surface area contributed by atoms with Gasteiger partial charge in [-0.1, -0.05) is 93.5 Å². The maximum atomic E-state index is 5.83. The number of allylic oxidation sites excluding steroid dienone is 2. The summed E-state index contributed by atoms with van der Waals surface area (Å²) >= 11 is 36.8. The molecule has 2 rings (SSSR count).